The molecule has 0 bridgehead atoms. The molecule has 4 nitrogen and oxygen atoms in total. The zero-order valence-corrected chi connectivity index (χ0v) is 21.0. The number of carbonyl (C=O) groups excluding carboxylic acids is 1. The number of rotatable bonds is 18. The molecule has 0 aliphatic heterocycles. The van der Waals surface area contributed by atoms with Crippen molar-refractivity contribution in [1.29, 1.82) is 0 Å². The first-order valence-electron chi connectivity index (χ1n) is 13.3. The molecule has 0 unspecified atom stereocenters. The van der Waals surface area contributed by atoms with E-state index in [1.54, 1.807) is 12.4 Å². The largest absolute Gasteiger partial charge is 0.423 e. The van der Waals surface area contributed by atoms with Gasteiger partial charge in [0, 0.05) is 12.0 Å². The smallest absolute Gasteiger partial charge is 0.311 e. The van der Waals surface area contributed by atoms with Crippen molar-refractivity contribution in [2.75, 3.05) is 0 Å². The maximum atomic E-state index is 12.0. The quantitative estimate of drug-likeness (QED) is 0.168. The summed E-state index contributed by atoms with van der Waals surface area (Å²) in [6, 6.07) is 8.52. The van der Waals surface area contributed by atoms with Crippen LogP contribution in [0.4, 0.5) is 0 Å². The molecule has 2 rings (SSSR count). The van der Waals surface area contributed by atoms with E-state index in [9.17, 15) is 4.79 Å². The van der Waals surface area contributed by atoms with Crippen molar-refractivity contribution >= 4 is 5.97 Å². The fourth-order valence-electron chi connectivity index (χ4n) is 4.03. The molecule has 0 aliphatic rings. The Morgan fingerprint density at radius 3 is 1.79 bits per heavy atom. The van der Waals surface area contributed by atoms with Gasteiger partial charge in [-0.2, -0.15) is 0 Å². The monoisotopic (exact) mass is 452 g/mol. The predicted octanol–water partition coefficient (Wildman–Crippen LogP) is 8.48. The summed E-state index contributed by atoms with van der Waals surface area (Å²) in [5, 5.41) is 0. The molecule has 4 heteroatoms. The molecule has 0 aliphatic carbocycles. The zero-order chi connectivity index (χ0) is 23.6. The summed E-state index contributed by atoms with van der Waals surface area (Å²) < 4.78 is 5.36. The fraction of sp³-hybridized carbons (Fsp3) is 0.621. The van der Waals surface area contributed by atoms with E-state index < -0.39 is 0 Å². The number of benzene rings is 1. The molecule has 1 heterocycles. The lowest BCUT2D eigenvalue weighted by Crippen LogP contribution is -2.08. The maximum Gasteiger partial charge on any atom is 0.311 e. The standard InChI is InChI=1S/C29H44N2O2/c1-3-5-7-9-10-11-12-14-15-17-25-19-21-26(22-20-25)29-30-23-27(24-31-29)33-28(32)18-16-13-8-6-4-2/h19-24H,3-18H2,1-2H3. The highest BCUT2D eigenvalue weighted by molar-refractivity contribution is 5.72. The molecule has 0 saturated carbocycles. The molecular formula is C29H44N2O2. The number of ether oxygens (including phenoxy) is 1. The molecule has 0 fully saturated rings. The van der Waals surface area contributed by atoms with Gasteiger partial charge in [0.25, 0.3) is 0 Å². The first-order valence-corrected chi connectivity index (χ1v) is 13.3. The van der Waals surface area contributed by atoms with Crippen LogP contribution < -0.4 is 4.74 Å². The Bertz CT molecular complexity index is 756. The first kappa shape index (κ1) is 27.0. The van der Waals surface area contributed by atoms with E-state index in [2.05, 4.69) is 48.1 Å². The number of hydrogen-bond donors (Lipinski definition) is 0. The number of nitrogens with zero attached hydrogens (tertiary/aromatic N) is 2. The summed E-state index contributed by atoms with van der Waals surface area (Å²) in [6.07, 6.45) is 22.5. The Labute approximate surface area is 201 Å². The molecular weight excluding hydrogens is 408 g/mol. The van der Waals surface area contributed by atoms with Gasteiger partial charge in [0.1, 0.15) is 0 Å². The Hall–Kier alpha value is -2.23. The normalized spacial score (nSPS) is 11.0. The van der Waals surface area contributed by atoms with E-state index in [1.807, 2.05) is 0 Å². The molecule has 33 heavy (non-hydrogen) atoms. The second-order valence-electron chi connectivity index (χ2n) is 9.16. The van der Waals surface area contributed by atoms with Crippen molar-refractivity contribution in [2.24, 2.45) is 0 Å². The first-order chi connectivity index (χ1) is 16.2. The molecule has 182 valence electrons. The van der Waals surface area contributed by atoms with Gasteiger partial charge in [-0.3, -0.25) is 4.79 Å². The van der Waals surface area contributed by atoms with Crippen LogP contribution in [-0.4, -0.2) is 15.9 Å². The van der Waals surface area contributed by atoms with Crippen molar-refractivity contribution in [3.8, 4) is 17.1 Å². The third-order valence-corrected chi connectivity index (χ3v) is 6.13. The topological polar surface area (TPSA) is 52.1 Å². The van der Waals surface area contributed by atoms with Crippen molar-refractivity contribution in [1.82, 2.24) is 9.97 Å². The summed E-state index contributed by atoms with van der Waals surface area (Å²) in [5.74, 6) is 0.868. The summed E-state index contributed by atoms with van der Waals surface area (Å²) in [6.45, 7) is 4.46. The summed E-state index contributed by atoms with van der Waals surface area (Å²) in [4.78, 5) is 20.7. The van der Waals surface area contributed by atoms with Gasteiger partial charge in [-0.25, -0.2) is 9.97 Å². The minimum absolute atomic E-state index is 0.205. The molecule has 0 N–H and O–H groups in total. The van der Waals surface area contributed by atoms with Crippen LogP contribution in [-0.2, 0) is 11.2 Å². The predicted molar refractivity (Wildman–Crippen MR) is 137 cm³/mol. The van der Waals surface area contributed by atoms with Crippen molar-refractivity contribution < 1.29 is 9.53 Å². The third-order valence-electron chi connectivity index (χ3n) is 6.13. The second kappa shape index (κ2) is 17.3. The lowest BCUT2D eigenvalue weighted by molar-refractivity contribution is -0.134. The van der Waals surface area contributed by atoms with Gasteiger partial charge in [0.2, 0.25) is 0 Å². The molecule has 0 saturated heterocycles. The molecule has 1 aromatic carbocycles. The van der Waals surface area contributed by atoms with Crippen LogP contribution in [0.1, 0.15) is 116 Å². The second-order valence-corrected chi connectivity index (χ2v) is 9.16. The summed E-state index contributed by atoms with van der Waals surface area (Å²) in [7, 11) is 0. The Morgan fingerprint density at radius 2 is 1.21 bits per heavy atom. The van der Waals surface area contributed by atoms with Gasteiger partial charge < -0.3 is 4.74 Å². The fourth-order valence-corrected chi connectivity index (χ4v) is 4.03. The van der Waals surface area contributed by atoms with Gasteiger partial charge in [-0.05, 0) is 24.8 Å². The number of carbonyl (C=O) groups is 1. The van der Waals surface area contributed by atoms with Gasteiger partial charge in [-0.15, -0.1) is 0 Å². The molecule has 0 radical (unpaired) electrons. The highest BCUT2D eigenvalue weighted by Crippen LogP contribution is 2.19. The van der Waals surface area contributed by atoms with E-state index in [-0.39, 0.29) is 5.97 Å². The van der Waals surface area contributed by atoms with Crippen LogP contribution in [0.15, 0.2) is 36.7 Å². The van der Waals surface area contributed by atoms with Crippen molar-refractivity contribution in [3.05, 3.63) is 42.2 Å². The van der Waals surface area contributed by atoms with Crippen LogP contribution in [0.5, 0.6) is 5.75 Å². The van der Waals surface area contributed by atoms with Crippen LogP contribution in [0.25, 0.3) is 11.4 Å². The lowest BCUT2D eigenvalue weighted by Gasteiger charge is -2.06. The van der Waals surface area contributed by atoms with Gasteiger partial charge in [0.15, 0.2) is 11.6 Å². The molecule has 0 spiro atoms. The molecule has 0 amide bonds. The van der Waals surface area contributed by atoms with Crippen LogP contribution in [0.3, 0.4) is 0 Å². The average Bonchev–Trinajstić information content (AvgIpc) is 2.84. The summed E-state index contributed by atoms with van der Waals surface area (Å²) >= 11 is 0. The Balaban J connectivity index is 1.65. The number of unbranched alkanes of at least 4 members (excludes halogenated alkanes) is 12. The molecule has 2 aromatic rings. The number of aryl methyl sites for hydroxylation is 1. The third kappa shape index (κ3) is 12.0. The number of hydrogen-bond acceptors (Lipinski definition) is 4. The Morgan fingerprint density at radius 1 is 0.697 bits per heavy atom. The van der Waals surface area contributed by atoms with E-state index >= 15 is 0 Å². The SMILES string of the molecule is CCCCCCCCCCCc1ccc(-c2ncc(OC(=O)CCCCCCC)cn2)cc1. The highest BCUT2D eigenvalue weighted by Gasteiger charge is 2.07. The lowest BCUT2D eigenvalue weighted by atomic mass is 10.0. The zero-order valence-electron chi connectivity index (χ0n) is 21.0. The number of aromatic nitrogens is 2. The van der Waals surface area contributed by atoms with E-state index in [0.29, 0.717) is 18.0 Å². The van der Waals surface area contributed by atoms with Gasteiger partial charge >= 0.3 is 5.97 Å². The van der Waals surface area contributed by atoms with Crippen LogP contribution in [0, 0.1) is 0 Å². The van der Waals surface area contributed by atoms with Gasteiger partial charge in [0.05, 0.1) is 12.4 Å². The van der Waals surface area contributed by atoms with Crippen molar-refractivity contribution in [3.63, 3.8) is 0 Å². The molecule has 1 aromatic heterocycles. The van der Waals surface area contributed by atoms with Crippen molar-refractivity contribution in [2.45, 2.75) is 117 Å². The minimum Gasteiger partial charge on any atom is -0.423 e. The number of esters is 1. The van der Waals surface area contributed by atoms with Crippen LogP contribution in [0.2, 0.25) is 0 Å². The average molecular weight is 453 g/mol. The van der Waals surface area contributed by atoms with E-state index in [4.69, 9.17) is 4.74 Å². The van der Waals surface area contributed by atoms with E-state index in [0.717, 1.165) is 24.8 Å². The highest BCUT2D eigenvalue weighted by atomic mass is 16.5. The maximum absolute atomic E-state index is 12.0. The molecule has 0 atom stereocenters. The van der Waals surface area contributed by atoms with Crippen LogP contribution >= 0.6 is 0 Å². The van der Waals surface area contributed by atoms with E-state index in [1.165, 1.54) is 82.6 Å². The van der Waals surface area contributed by atoms with Gasteiger partial charge in [-0.1, -0.05) is 115 Å². The summed E-state index contributed by atoms with van der Waals surface area (Å²) in [5.41, 5.74) is 2.35. The Kier molecular flexibility index (Phi) is 14.1. The minimum atomic E-state index is -0.205.